The summed E-state index contributed by atoms with van der Waals surface area (Å²) < 4.78 is 6.95. The molecule has 1 aliphatic carbocycles. The van der Waals surface area contributed by atoms with Gasteiger partial charge >= 0.3 is 0 Å². The number of anilines is 1. The first kappa shape index (κ1) is 30.3. The Morgan fingerprint density at radius 3 is 2.56 bits per heavy atom. The molecule has 43 heavy (non-hydrogen) atoms. The predicted octanol–water partition coefficient (Wildman–Crippen LogP) is 8.15. The van der Waals surface area contributed by atoms with Crippen LogP contribution in [0.4, 0.5) is 11.4 Å². The Balaban J connectivity index is 1.71. The van der Waals surface area contributed by atoms with Crippen molar-refractivity contribution in [3.8, 4) is 11.8 Å². The number of rotatable bonds is 6. The van der Waals surface area contributed by atoms with Crippen LogP contribution in [0, 0.1) is 40.7 Å². The number of benzene rings is 3. The van der Waals surface area contributed by atoms with Gasteiger partial charge in [0.15, 0.2) is 5.78 Å². The summed E-state index contributed by atoms with van der Waals surface area (Å²) in [6.45, 7) is 8.16. The Morgan fingerprint density at radius 1 is 1.16 bits per heavy atom. The van der Waals surface area contributed by atoms with Crippen molar-refractivity contribution in [1.29, 1.82) is 5.26 Å². The monoisotopic (exact) mass is 660 g/mol. The molecule has 0 bridgehead atoms. The van der Waals surface area contributed by atoms with Crippen molar-refractivity contribution in [2.45, 2.75) is 53.1 Å². The molecule has 3 aromatic carbocycles. The number of nitro benzene ring substituents is 1. The standard InChI is InChI=1S/C33H30BrClN4O4/c1-18-11-19(2)22(12-20(18)17-43-29-8-6-5-7-24(29)34)30-23(16-36)32(37)38(25-10-9-21(35)13-26(25)39(41)42)27-14-33(3,4)15-28(40)31(27)30/h5-13,30H,14-15,17,37H2,1-4H3. The largest absolute Gasteiger partial charge is 0.488 e. The number of carbonyl (C=O) groups is 1. The lowest BCUT2D eigenvalue weighted by Gasteiger charge is -2.43. The highest BCUT2D eigenvalue weighted by Crippen LogP contribution is 2.52. The van der Waals surface area contributed by atoms with Crippen LogP contribution in [0.2, 0.25) is 5.02 Å². The van der Waals surface area contributed by atoms with Gasteiger partial charge in [-0.3, -0.25) is 19.8 Å². The van der Waals surface area contributed by atoms with Crippen molar-refractivity contribution in [3.05, 3.63) is 119 Å². The third kappa shape index (κ3) is 5.65. The number of Topliss-reactive ketones (excluding diaryl/α,β-unsaturated/α-hetero) is 1. The van der Waals surface area contributed by atoms with E-state index in [1.54, 1.807) is 0 Å². The van der Waals surface area contributed by atoms with Crippen LogP contribution < -0.4 is 15.4 Å². The molecule has 2 N–H and O–H groups in total. The summed E-state index contributed by atoms with van der Waals surface area (Å²) in [6.07, 6.45) is 0.688. The molecule has 1 atom stereocenters. The fourth-order valence-electron chi connectivity index (χ4n) is 6.03. The summed E-state index contributed by atoms with van der Waals surface area (Å²) >= 11 is 9.64. The Labute approximate surface area is 263 Å². The van der Waals surface area contributed by atoms with E-state index in [2.05, 4.69) is 22.0 Å². The number of halogens is 2. The summed E-state index contributed by atoms with van der Waals surface area (Å²) in [6, 6.07) is 18.1. The number of hydrogen-bond donors (Lipinski definition) is 1. The molecule has 5 rings (SSSR count). The number of nitrogens with zero attached hydrogens (tertiary/aromatic N) is 3. The van der Waals surface area contributed by atoms with E-state index in [-0.39, 0.29) is 46.6 Å². The van der Waals surface area contributed by atoms with E-state index in [9.17, 15) is 20.2 Å². The molecule has 0 saturated heterocycles. The van der Waals surface area contributed by atoms with E-state index < -0.39 is 16.3 Å². The van der Waals surface area contributed by atoms with Crippen molar-refractivity contribution in [2.75, 3.05) is 4.90 Å². The summed E-state index contributed by atoms with van der Waals surface area (Å²) in [7, 11) is 0. The van der Waals surface area contributed by atoms with Crippen LogP contribution in [0.3, 0.4) is 0 Å². The van der Waals surface area contributed by atoms with E-state index in [1.807, 2.05) is 64.1 Å². The van der Waals surface area contributed by atoms with Crippen LogP contribution in [0.15, 0.2) is 81.7 Å². The average Bonchev–Trinajstić information content (AvgIpc) is 2.92. The highest BCUT2D eigenvalue weighted by Gasteiger charge is 2.46. The molecule has 3 aromatic rings. The maximum absolute atomic E-state index is 14.0. The second kappa shape index (κ2) is 11.5. The van der Waals surface area contributed by atoms with Crippen LogP contribution >= 0.6 is 27.5 Å². The zero-order chi connectivity index (χ0) is 31.2. The van der Waals surface area contributed by atoms with Gasteiger partial charge < -0.3 is 10.5 Å². The first-order valence-corrected chi connectivity index (χ1v) is 14.9. The molecule has 2 aliphatic rings. The number of nitrogens with two attached hydrogens (primary N) is 1. The fraction of sp³-hybridized carbons (Fsp3) is 0.273. The van der Waals surface area contributed by atoms with Gasteiger partial charge in [0.1, 0.15) is 23.9 Å². The Bertz CT molecular complexity index is 1790. The van der Waals surface area contributed by atoms with Crippen LogP contribution in [0.25, 0.3) is 0 Å². The second-order valence-electron chi connectivity index (χ2n) is 11.7. The number of nitriles is 1. The molecule has 0 amide bonds. The van der Waals surface area contributed by atoms with E-state index >= 15 is 0 Å². The van der Waals surface area contributed by atoms with Crippen molar-refractivity contribution < 1.29 is 14.5 Å². The molecule has 0 spiro atoms. The number of ether oxygens (including phenoxy) is 1. The van der Waals surface area contributed by atoms with E-state index in [4.69, 9.17) is 22.1 Å². The first-order valence-electron chi connectivity index (χ1n) is 13.7. The molecule has 0 saturated carbocycles. The van der Waals surface area contributed by atoms with Crippen LogP contribution in [-0.4, -0.2) is 10.7 Å². The summed E-state index contributed by atoms with van der Waals surface area (Å²) in [4.78, 5) is 27.1. The average molecular weight is 662 g/mol. The summed E-state index contributed by atoms with van der Waals surface area (Å²) in [5, 5.41) is 22.8. The van der Waals surface area contributed by atoms with Gasteiger partial charge in [0.25, 0.3) is 5.69 Å². The molecular formula is C33H30BrClN4O4. The van der Waals surface area contributed by atoms with Gasteiger partial charge in [0.2, 0.25) is 0 Å². The first-order chi connectivity index (χ1) is 20.3. The minimum Gasteiger partial charge on any atom is -0.488 e. The SMILES string of the molecule is Cc1cc(C)c(C2C(C#N)=C(N)N(c3ccc(Cl)cc3[N+](=O)[O-])C3=C2C(=O)CC(C)(C)C3)cc1COc1ccccc1Br. The Kier molecular flexibility index (Phi) is 8.12. The maximum atomic E-state index is 14.0. The molecule has 0 radical (unpaired) electrons. The normalized spacial score (nSPS) is 17.9. The predicted molar refractivity (Wildman–Crippen MR) is 170 cm³/mol. The Hall–Kier alpha value is -4.13. The lowest BCUT2D eigenvalue weighted by atomic mass is 9.68. The van der Waals surface area contributed by atoms with Gasteiger partial charge in [0, 0.05) is 28.8 Å². The zero-order valence-corrected chi connectivity index (χ0v) is 26.5. The van der Waals surface area contributed by atoms with Crippen molar-refractivity contribution >= 4 is 44.7 Å². The minimum atomic E-state index is -0.742. The number of nitro groups is 1. The quantitative estimate of drug-likeness (QED) is 0.209. The number of ketones is 1. The molecule has 1 aliphatic heterocycles. The molecule has 8 nitrogen and oxygen atoms in total. The molecule has 0 aromatic heterocycles. The van der Waals surface area contributed by atoms with Crippen LogP contribution in [-0.2, 0) is 11.4 Å². The smallest absolute Gasteiger partial charge is 0.294 e. The third-order valence-electron chi connectivity index (χ3n) is 8.01. The minimum absolute atomic E-state index is 0.0492. The fourth-order valence-corrected chi connectivity index (χ4v) is 6.59. The lowest BCUT2D eigenvalue weighted by Crippen LogP contribution is -2.42. The molecule has 220 valence electrons. The summed E-state index contributed by atoms with van der Waals surface area (Å²) in [5.41, 5.74) is 10.9. The number of carbonyl (C=O) groups excluding carboxylic acids is 1. The van der Waals surface area contributed by atoms with Gasteiger partial charge in [-0.25, -0.2) is 0 Å². The highest BCUT2D eigenvalue weighted by atomic mass is 79.9. The van der Waals surface area contributed by atoms with Crippen LogP contribution in [0.1, 0.15) is 54.9 Å². The molecule has 0 fully saturated rings. The van der Waals surface area contributed by atoms with Gasteiger partial charge in [0.05, 0.1) is 27.0 Å². The van der Waals surface area contributed by atoms with E-state index in [0.717, 1.165) is 26.7 Å². The molecule has 10 heteroatoms. The second-order valence-corrected chi connectivity index (χ2v) is 13.0. The number of aryl methyl sites for hydroxylation is 2. The topological polar surface area (TPSA) is 122 Å². The van der Waals surface area contributed by atoms with Crippen LogP contribution in [0.5, 0.6) is 5.75 Å². The van der Waals surface area contributed by atoms with Crippen molar-refractivity contribution in [3.63, 3.8) is 0 Å². The zero-order valence-electron chi connectivity index (χ0n) is 24.2. The van der Waals surface area contributed by atoms with Gasteiger partial charge in [-0.15, -0.1) is 0 Å². The number of allylic oxidation sites excluding steroid dienone is 3. The number of para-hydroxylation sites is 1. The molecular weight excluding hydrogens is 632 g/mol. The van der Waals surface area contributed by atoms with Crippen molar-refractivity contribution in [1.82, 2.24) is 0 Å². The highest BCUT2D eigenvalue weighted by molar-refractivity contribution is 9.10. The third-order valence-corrected chi connectivity index (χ3v) is 8.90. The van der Waals surface area contributed by atoms with E-state index in [1.165, 1.54) is 23.1 Å². The van der Waals surface area contributed by atoms with Crippen molar-refractivity contribution in [2.24, 2.45) is 11.1 Å². The lowest BCUT2D eigenvalue weighted by molar-refractivity contribution is -0.384. The van der Waals surface area contributed by atoms with Gasteiger partial charge in [-0.1, -0.05) is 49.7 Å². The molecule has 1 heterocycles. The van der Waals surface area contributed by atoms with Gasteiger partial charge in [-0.2, -0.15) is 5.26 Å². The maximum Gasteiger partial charge on any atom is 0.294 e. The van der Waals surface area contributed by atoms with Gasteiger partial charge in [-0.05, 0) is 88.1 Å². The number of hydrogen-bond acceptors (Lipinski definition) is 7. The Morgan fingerprint density at radius 2 is 1.88 bits per heavy atom. The summed E-state index contributed by atoms with van der Waals surface area (Å²) in [5.74, 6) is -0.121. The molecule has 1 unspecified atom stereocenters. The van der Waals surface area contributed by atoms with E-state index in [0.29, 0.717) is 23.4 Å².